The molecule has 42 heavy (non-hydrogen) atoms. The van der Waals surface area contributed by atoms with E-state index in [4.69, 9.17) is 14.2 Å². The predicted octanol–water partition coefficient (Wildman–Crippen LogP) is 9.16. The van der Waals surface area contributed by atoms with Crippen molar-refractivity contribution < 1.29 is 19.0 Å². The van der Waals surface area contributed by atoms with E-state index in [0.717, 1.165) is 29.2 Å². The zero-order valence-corrected chi connectivity index (χ0v) is 23.9. The highest BCUT2D eigenvalue weighted by atomic mass is 16.5. The Labute approximate surface area is 247 Å². The Balaban J connectivity index is 1.06. The predicted molar refractivity (Wildman–Crippen MR) is 164 cm³/mol. The van der Waals surface area contributed by atoms with E-state index >= 15 is 0 Å². The number of hydrogen-bond acceptors (Lipinski definition) is 4. The van der Waals surface area contributed by atoms with Crippen LogP contribution in [0.4, 0.5) is 4.79 Å². The standard InChI is InChI=1S/C37H37NO4/c39-37(41-24-33-29-16-8-6-14-27(29)28-15-7-9-17-30(28)33)38-36-31-18-10-11-19-34(31)42-35-22-26(20-21-32(35)36)40-23-25-12-4-2-1-3-5-13-25/h6-11,14-22,25,33,36H,1-5,12-13,23-24H2,(H,38,39). The van der Waals surface area contributed by atoms with Gasteiger partial charge in [0.05, 0.1) is 12.6 Å². The van der Waals surface area contributed by atoms with Crippen LogP contribution in [0.1, 0.15) is 79.2 Å². The number of carbonyl (C=O) groups excluding carboxylic acids is 1. The molecule has 7 rings (SSSR count). The van der Waals surface area contributed by atoms with Crippen LogP contribution in [0.25, 0.3) is 11.1 Å². The molecular formula is C37H37NO4. The van der Waals surface area contributed by atoms with Crippen molar-refractivity contribution in [1.82, 2.24) is 5.32 Å². The van der Waals surface area contributed by atoms with E-state index in [1.807, 2.05) is 54.6 Å². The SMILES string of the molecule is O=C(NC1c2ccccc2Oc2cc(OCC3CCCCCCC3)ccc21)OCC1c2ccccc2-c2ccccc21. The molecule has 1 fully saturated rings. The maximum Gasteiger partial charge on any atom is 0.407 e. The molecule has 0 saturated heterocycles. The van der Waals surface area contributed by atoms with Gasteiger partial charge in [0.1, 0.15) is 23.9 Å². The van der Waals surface area contributed by atoms with Gasteiger partial charge in [0.15, 0.2) is 0 Å². The van der Waals surface area contributed by atoms with E-state index in [2.05, 4.69) is 41.7 Å². The average molecular weight is 560 g/mol. The first-order valence-electron chi connectivity index (χ1n) is 15.4. The summed E-state index contributed by atoms with van der Waals surface area (Å²) < 4.78 is 18.5. The fourth-order valence-electron chi connectivity index (χ4n) is 6.86. The molecule has 1 atom stereocenters. The minimum atomic E-state index is -0.450. The highest BCUT2D eigenvalue weighted by Gasteiger charge is 2.32. The van der Waals surface area contributed by atoms with Gasteiger partial charge in [-0.1, -0.05) is 98.8 Å². The third kappa shape index (κ3) is 5.36. The van der Waals surface area contributed by atoms with Gasteiger partial charge in [-0.15, -0.1) is 0 Å². The largest absolute Gasteiger partial charge is 0.493 e. The first kappa shape index (κ1) is 26.6. The fourth-order valence-corrected chi connectivity index (χ4v) is 6.86. The second kappa shape index (κ2) is 11.9. The van der Waals surface area contributed by atoms with Crippen molar-refractivity contribution in [3.05, 3.63) is 113 Å². The molecule has 1 unspecified atom stereocenters. The summed E-state index contributed by atoms with van der Waals surface area (Å²) in [6, 6.07) is 30.1. The molecule has 1 aliphatic heterocycles. The first-order chi connectivity index (χ1) is 20.7. The maximum atomic E-state index is 13.3. The van der Waals surface area contributed by atoms with Crippen LogP contribution in [-0.2, 0) is 4.74 Å². The Morgan fingerprint density at radius 1 is 0.690 bits per heavy atom. The zero-order chi connectivity index (χ0) is 28.3. The number of nitrogens with one attached hydrogen (secondary N) is 1. The van der Waals surface area contributed by atoms with Crippen LogP contribution < -0.4 is 14.8 Å². The fraction of sp³-hybridized carbons (Fsp3) is 0.324. The second-order valence-electron chi connectivity index (χ2n) is 11.8. The van der Waals surface area contributed by atoms with Crippen LogP contribution in [0.15, 0.2) is 91.0 Å². The van der Waals surface area contributed by atoms with Crippen molar-refractivity contribution in [2.45, 2.75) is 56.9 Å². The molecule has 5 heteroatoms. The van der Waals surface area contributed by atoms with Crippen molar-refractivity contribution in [3.63, 3.8) is 0 Å². The lowest BCUT2D eigenvalue weighted by atomic mass is 9.92. The van der Waals surface area contributed by atoms with E-state index in [9.17, 15) is 4.79 Å². The van der Waals surface area contributed by atoms with Gasteiger partial charge in [-0.3, -0.25) is 0 Å². The molecule has 5 nitrogen and oxygen atoms in total. The molecule has 2 aliphatic carbocycles. The smallest absolute Gasteiger partial charge is 0.407 e. The van der Waals surface area contributed by atoms with Gasteiger partial charge in [0.2, 0.25) is 0 Å². The Hall–Kier alpha value is -4.25. The maximum absolute atomic E-state index is 13.3. The van der Waals surface area contributed by atoms with Crippen LogP contribution in [0, 0.1) is 5.92 Å². The number of fused-ring (bicyclic) bond motifs is 5. The number of hydrogen-bond donors (Lipinski definition) is 1. The van der Waals surface area contributed by atoms with E-state index in [1.165, 1.54) is 67.2 Å². The van der Waals surface area contributed by atoms with Gasteiger partial charge in [0.25, 0.3) is 0 Å². The molecule has 3 aliphatic rings. The molecule has 0 aromatic heterocycles. The Kier molecular flexibility index (Phi) is 7.56. The normalized spacial score (nSPS) is 17.9. The van der Waals surface area contributed by atoms with Crippen molar-refractivity contribution >= 4 is 6.09 Å². The third-order valence-corrected chi connectivity index (χ3v) is 9.06. The zero-order valence-electron chi connectivity index (χ0n) is 23.9. The molecule has 4 aromatic carbocycles. The lowest BCUT2D eigenvalue weighted by Gasteiger charge is -2.29. The van der Waals surface area contributed by atoms with Crippen LogP contribution in [-0.4, -0.2) is 19.3 Å². The van der Waals surface area contributed by atoms with Crippen LogP contribution >= 0.6 is 0 Å². The summed E-state index contributed by atoms with van der Waals surface area (Å²) in [6.45, 7) is 1.00. The highest BCUT2D eigenvalue weighted by molar-refractivity contribution is 5.79. The minimum absolute atomic E-state index is 0.00922. The molecule has 0 bridgehead atoms. The number of benzene rings is 4. The Morgan fingerprint density at radius 3 is 2.05 bits per heavy atom. The molecule has 1 N–H and O–H groups in total. The van der Waals surface area contributed by atoms with Crippen LogP contribution in [0.5, 0.6) is 17.2 Å². The molecule has 0 radical (unpaired) electrons. The molecule has 0 spiro atoms. The summed E-state index contributed by atoms with van der Waals surface area (Å²) in [4.78, 5) is 13.3. The van der Waals surface area contributed by atoms with Gasteiger partial charge in [-0.2, -0.15) is 0 Å². The Bertz CT molecular complexity index is 1530. The molecule has 4 aromatic rings. The minimum Gasteiger partial charge on any atom is -0.493 e. The number of para-hydroxylation sites is 1. The number of carbonyl (C=O) groups is 1. The summed E-state index contributed by atoms with van der Waals surface area (Å²) in [5.74, 6) is 2.84. The number of rotatable bonds is 6. The van der Waals surface area contributed by atoms with E-state index < -0.39 is 6.09 Å². The van der Waals surface area contributed by atoms with Crippen molar-refractivity contribution in [3.8, 4) is 28.4 Å². The van der Waals surface area contributed by atoms with Gasteiger partial charge in [0, 0.05) is 23.1 Å². The highest BCUT2D eigenvalue weighted by Crippen LogP contribution is 2.46. The summed E-state index contributed by atoms with van der Waals surface area (Å²) >= 11 is 0. The van der Waals surface area contributed by atoms with Crippen LogP contribution in [0.3, 0.4) is 0 Å². The summed E-state index contributed by atoms with van der Waals surface area (Å²) in [7, 11) is 0. The first-order valence-corrected chi connectivity index (χ1v) is 15.4. The number of alkyl carbamates (subject to hydrolysis) is 1. The summed E-state index contributed by atoms with van der Waals surface area (Å²) in [5, 5.41) is 3.14. The monoisotopic (exact) mass is 559 g/mol. The molecule has 214 valence electrons. The van der Waals surface area contributed by atoms with E-state index in [0.29, 0.717) is 11.7 Å². The van der Waals surface area contributed by atoms with Gasteiger partial charge in [-0.25, -0.2) is 4.79 Å². The lowest BCUT2D eigenvalue weighted by molar-refractivity contribution is 0.140. The molecule has 1 heterocycles. The second-order valence-corrected chi connectivity index (χ2v) is 11.8. The van der Waals surface area contributed by atoms with Crippen LogP contribution in [0.2, 0.25) is 0 Å². The van der Waals surface area contributed by atoms with E-state index in [-0.39, 0.29) is 18.6 Å². The van der Waals surface area contributed by atoms with E-state index in [1.54, 1.807) is 0 Å². The summed E-state index contributed by atoms with van der Waals surface area (Å²) in [5.41, 5.74) is 6.60. The van der Waals surface area contributed by atoms with Gasteiger partial charge >= 0.3 is 6.09 Å². The third-order valence-electron chi connectivity index (χ3n) is 9.06. The quantitative estimate of drug-likeness (QED) is 0.256. The van der Waals surface area contributed by atoms with Crippen molar-refractivity contribution in [2.24, 2.45) is 5.92 Å². The van der Waals surface area contributed by atoms with Crippen molar-refractivity contribution in [1.29, 1.82) is 0 Å². The van der Waals surface area contributed by atoms with Gasteiger partial charge in [-0.05, 0) is 59.2 Å². The lowest BCUT2D eigenvalue weighted by Crippen LogP contribution is -2.32. The average Bonchev–Trinajstić information content (AvgIpc) is 3.33. The summed E-state index contributed by atoms with van der Waals surface area (Å²) in [6.07, 6.45) is 8.64. The number of ether oxygens (including phenoxy) is 3. The van der Waals surface area contributed by atoms with Crippen molar-refractivity contribution in [2.75, 3.05) is 13.2 Å². The molecule has 1 amide bonds. The molecule has 1 saturated carbocycles. The molecular weight excluding hydrogens is 522 g/mol. The number of amides is 1. The Morgan fingerprint density at radius 2 is 1.31 bits per heavy atom. The topological polar surface area (TPSA) is 56.8 Å². The van der Waals surface area contributed by atoms with Gasteiger partial charge < -0.3 is 19.5 Å².